The Morgan fingerprint density at radius 2 is 2.00 bits per heavy atom. The van der Waals surface area contributed by atoms with Gasteiger partial charge in [0.05, 0.1) is 5.75 Å². The summed E-state index contributed by atoms with van der Waals surface area (Å²) in [6.07, 6.45) is 1.37. The first kappa shape index (κ1) is 12.9. The molecule has 1 unspecified atom stereocenters. The van der Waals surface area contributed by atoms with Gasteiger partial charge in [-0.15, -0.1) is 0 Å². The third-order valence-electron chi connectivity index (χ3n) is 1.84. The molecular formula is C8H20N2O2S. The average molecular weight is 208 g/mol. The van der Waals surface area contributed by atoms with Gasteiger partial charge in [0.25, 0.3) is 0 Å². The number of nitrogens with two attached hydrogens (primary N) is 1. The molecule has 1 atom stereocenters. The molecule has 0 aliphatic carbocycles. The zero-order chi connectivity index (χ0) is 10.5. The molecule has 0 aromatic heterocycles. The van der Waals surface area contributed by atoms with Gasteiger partial charge in [-0.3, -0.25) is 0 Å². The monoisotopic (exact) mass is 208 g/mol. The van der Waals surface area contributed by atoms with Gasteiger partial charge in [-0.05, 0) is 19.8 Å². The van der Waals surface area contributed by atoms with E-state index < -0.39 is 10.0 Å². The third kappa shape index (κ3) is 5.23. The molecule has 0 aromatic rings. The molecule has 80 valence electrons. The van der Waals surface area contributed by atoms with Crippen LogP contribution in [0.1, 0.15) is 26.7 Å². The number of hydrogen-bond donors (Lipinski definition) is 1. The predicted octanol–water partition coefficient (Wildman–Crippen LogP) is 0.395. The summed E-state index contributed by atoms with van der Waals surface area (Å²) in [6, 6.07) is 0.0549. The first-order valence-electron chi connectivity index (χ1n) is 4.59. The average Bonchev–Trinajstić information content (AvgIpc) is 1.99. The fourth-order valence-corrected chi connectivity index (χ4v) is 2.15. The van der Waals surface area contributed by atoms with E-state index in [1.165, 1.54) is 4.31 Å². The van der Waals surface area contributed by atoms with Crippen molar-refractivity contribution in [2.75, 3.05) is 19.3 Å². The van der Waals surface area contributed by atoms with Crippen LogP contribution in [0.15, 0.2) is 0 Å². The number of sulfonamides is 1. The normalized spacial score (nSPS) is 14.8. The molecule has 0 radical (unpaired) electrons. The Kier molecular flexibility index (Phi) is 5.51. The molecule has 5 heteroatoms. The van der Waals surface area contributed by atoms with Crippen LogP contribution < -0.4 is 5.73 Å². The largest absolute Gasteiger partial charge is 0.328 e. The first-order chi connectivity index (χ1) is 5.90. The van der Waals surface area contributed by atoms with E-state index in [0.717, 1.165) is 0 Å². The number of rotatable bonds is 6. The van der Waals surface area contributed by atoms with Crippen molar-refractivity contribution in [3.63, 3.8) is 0 Å². The van der Waals surface area contributed by atoms with Gasteiger partial charge in [0.15, 0.2) is 0 Å². The maximum absolute atomic E-state index is 11.4. The SMILES string of the molecule is CCCS(=O)(=O)N(C)CCC(C)N. The van der Waals surface area contributed by atoms with Crippen LogP contribution in [0.3, 0.4) is 0 Å². The highest BCUT2D eigenvalue weighted by atomic mass is 32.2. The van der Waals surface area contributed by atoms with E-state index in [2.05, 4.69) is 0 Å². The summed E-state index contributed by atoms with van der Waals surface area (Å²) in [5.74, 6) is 0.225. The second-order valence-corrected chi connectivity index (χ2v) is 5.60. The van der Waals surface area contributed by atoms with E-state index in [1.54, 1.807) is 7.05 Å². The van der Waals surface area contributed by atoms with E-state index in [1.807, 2.05) is 13.8 Å². The minimum absolute atomic E-state index is 0.0549. The van der Waals surface area contributed by atoms with Gasteiger partial charge >= 0.3 is 0 Å². The summed E-state index contributed by atoms with van der Waals surface area (Å²) in [7, 11) is -1.42. The Hall–Kier alpha value is -0.130. The van der Waals surface area contributed by atoms with Crippen molar-refractivity contribution < 1.29 is 8.42 Å². The lowest BCUT2D eigenvalue weighted by Crippen LogP contribution is -2.32. The van der Waals surface area contributed by atoms with Crippen molar-refractivity contribution in [2.24, 2.45) is 5.73 Å². The molecule has 0 aliphatic rings. The highest BCUT2D eigenvalue weighted by Gasteiger charge is 2.15. The molecule has 0 rings (SSSR count). The lowest BCUT2D eigenvalue weighted by molar-refractivity contribution is 0.446. The molecular weight excluding hydrogens is 188 g/mol. The van der Waals surface area contributed by atoms with Crippen molar-refractivity contribution in [1.82, 2.24) is 4.31 Å². The van der Waals surface area contributed by atoms with E-state index in [0.29, 0.717) is 19.4 Å². The standard InChI is InChI=1S/C8H20N2O2S/c1-4-7-13(11,12)10(3)6-5-8(2)9/h8H,4-7,9H2,1-3H3. The maximum Gasteiger partial charge on any atom is 0.213 e. The summed E-state index contributed by atoms with van der Waals surface area (Å²) in [5, 5.41) is 0. The Morgan fingerprint density at radius 3 is 2.38 bits per heavy atom. The topological polar surface area (TPSA) is 63.4 Å². The van der Waals surface area contributed by atoms with Crippen LogP contribution in [0.5, 0.6) is 0 Å². The van der Waals surface area contributed by atoms with Gasteiger partial charge in [-0.25, -0.2) is 12.7 Å². The molecule has 0 fully saturated rings. The van der Waals surface area contributed by atoms with Crippen molar-refractivity contribution >= 4 is 10.0 Å². The summed E-state index contributed by atoms with van der Waals surface area (Å²) in [5.41, 5.74) is 5.54. The highest BCUT2D eigenvalue weighted by Crippen LogP contribution is 2.01. The van der Waals surface area contributed by atoms with Crippen LogP contribution in [-0.4, -0.2) is 38.1 Å². The Morgan fingerprint density at radius 1 is 1.46 bits per heavy atom. The smallest absolute Gasteiger partial charge is 0.213 e. The van der Waals surface area contributed by atoms with Gasteiger partial charge in [0.2, 0.25) is 10.0 Å². The van der Waals surface area contributed by atoms with E-state index in [4.69, 9.17) is 5.73 Å². The number of nitrogens with zero attached hydrogens (tertiary/aromatic N) is 1. The molecule has 0 aliphatic heterocycles. The van der Waals surface area contributed by atoms with Crippen LogP contribution in [0.4, 0.5) is 0 Å². The maximum atomic E-state index is 11.4. The first-order valence-corrected chi connectivity index (χ1v) is 6.20. The molecule has 13 heavy (non-hydrogen) atoms. The second kappa shape index (κ2) is 5.57. The fourth-order valence-electron chi connectivity index (χ4n) is 0.938. The summed E-state index contributed by atoms with van der Waals surface area (Å²) < 4.78 is 24.2. The van der Waals surface area contributed by atoms with Gasteiger partial charge in [0, 0.05) is 19.6 Å². The molecule has 4 nitrogen and oxygen atoms in total. The van der Waals surface area contributed by atoms with Crippen LogP contribution in [0.2, 0.25) is 0 Å². The number of hydrogen-bond acceptors (Lipinski definition) is 3. The van der Waals surface area contributed by atoms with E-state index >= 15 is 0 Å². The van der Waals surface area contributed by atoms with Crippen LogP contribution in [0, 0.1) is 0 Å². The van der Waals surface area contributed by atoms with Crippen LogP contribution in [-0.2, 0) is 10.0 Å². The molecule has 0 saturated carbocycles. The van der Waals surface area contributed by atoms with Crippen molar-refractivity contribution in [1.29, 1.82) is 0 Å². The Bertz CT molecular complexity index is 224. The van der Waals surface area contributed by atoms with Crippen LogP contribution in [0.25, 0.3) is 0 Å². The lowest BCUT2D eigenvalue weighted by Gasteiger charge is -2.17. The summed E-state index contributed by atoms with van der Waals surface area (Å²) in [4.78, 5) is 0. The van der Waals surface area contributed by atoms with Gasteiger partial charge in [0.1, 0.15) is 0 Å². The molecule has 0 saturated heterocycles. The van der Waals surface area contributed by atoms with E-state index in [9.17, 15) is 8.42 Å². The summed E-state index contributed by atoms with van der Waals surface area (Å²) in [6.45, 7) is 4.25. The van der Waals surface area contributed by atoms with Crippen molar-refractivity contribution in [2.45, 2.75) is 32.7 Å². The molecule has 0 spiro atoms. The Labute approximate surface area is 81.2 Å². The minimum atomic E-state index is -3.03. The Balaban J connectivity index is 4.02. The summed E-state index contributed by atoms with van der Waals surface area (Å²) >= 11 is 0. The van der Waals surface area contributed by atoms with Crippen molar-refractivity contribution in [3.8, 4) is 0 Å². The zero-order valence-corrected chi connectivity index (χ0v) is 9.47. The molecule has 0 bridgehead atoms. The zero-order valence-electron chi connectivity index (χ0n) is 8.66. The molecule has 2 N–H and O–H groups in total. The minimum Gasteiger partial charge on any atom is -0.328 e. The fraction of sp³-hybridized carbons (Fsp3) is 1.00. The van der Waals surface area contributed by atoms with Gasteiger partial charge in [-0.2, -0.15) is 0 Å². The highest BCUT2D eigenvalue weighted by molar-refractivity contribution is 7.89. The quantitative estimate of drug-likeness (QED) is 0.687. The third-order valence-corrected chi connectivity index (χ3v) is 3.89. The van der Waals surface area contributed by atoms with Crippen LogP contribution >= 0.6 is 0 Å². The molecule has 0 heterocycles. The van der Waals surface area contributed by atoms with Crippen molar-refractivity contribution in [3.05, 3.63) is 0 Å². The van der Waals surface area contributed by atoms with E-state index in [-0.39, 0.29) is 11.8 Å². The van der Waals surface area contributed by atoms with Gasteiger partial charge < -0.3 is 5.73 Å². The molecule has 0 amide bonds. The molecule has 0 aromatic carbocycles. The second-order valence-electron chi connectivity index (χ2n) is 3.40. The predicted molar refractivity (Wildman–Crippen MR) is 55.0 cm³/mol. The lowest BCUT2D eigenvalue weighted by atomic mass is 10.2. The van der Waals surface area contributed by atoms with Gasteiger partial charge in [-0.1, -0.05) is 6.92 Å².